The van der Waals surface area contributed by atoms with Gasteiger partial charge in [-0.25, -0.2) is 4.39 Å². The number of nitrogens with zero attached hydrogens (tertiary/aromatic N) is 1. The molecule has 7 rings (SSSR count). The second-order valence-corrected chi connectivity index (χ2v) is 12.1. The molecule has 3 aromatic rings. The van der Waals surface area contributed by atoms with Gasteiger partial charge in [-0.1, -0.05) is 41.2 Å². The normalized spacial score (nSPS) is 33.2. The molecule has 34 heavy (non-hydrogen) atoms. The quantitative estimate of drug-likeness (QED) is 0.533. The van der Waals surface area contributed by atoms with E-state index >= 15 is 0 Å². The van der Waals surface area contributed by atoms with Crippen LogP contribution in [0.1, 0.15) is 28.3 Å². The van der Waals surface area contributed by atoms with Crippen LogP contribution in [0.5, 0.6) is 0 Å². The summed E-state index contributed by atoms with van der Waals surface area (Å²) in [4.78, 5) is 44.8. The van der Waals surface area contributed by atoms with Gasteiger partial charge in [0.15, 0.2) is 0 Å². The molecular formula is C26H21FN2O3S2. The Morgan fingerprint density at radius 1 is 0.941 bits per heavy atom. The van der Waals surface area contributed by atoms with Gasteiger partial charge in [-0.05, 0) is 60.9 Å². The third-order valence-electron chi connectivity index (χ3n) is 8.25. The van der Waals surface area contributed by atoms with Crippen molar-refractivity contribution in [1.29, 1.82) is 0 Å². The van der Waals surface area contributed by atoms with E-state index in [-0.39, 0.29) is 57.4 Å². The number of benzene rings is 2. The van der Waals surface area contributed by atoms with E-state index < -0.39 is 5.82 Å². The maximum Gasteiger partial charge on any atom is 0.305 e. The molecule has 4 aliphatic rings. The molecule has 172 valence electrons. The zero-order valence-electron chi connectivity index (χ0n) is 18.2. The Bertz CT molecular complexity index is 1400. The Labute approximate surface area is 203 Å². The van der Waals surface area contributed by atoms with E-state index in [1.54, 1.807) is 11.8 Å². The minimum atomic E-state index is -0.397. The Kier molecular flexibility index (Phi) is 4.34. The zero-order valence-corrected chi connectivity index (χ0v) is 19.9. The molecule has 0 unspecified atom stereocenters. The fourth-order valence-corrected chi connectivity index (χ4v) is 9.90. The number of thiazole rings is 1. The summed E-state index contributed by atoms with van der Waals surface area (Å²) in [7, 11) is 0. The van der Waals surface area contributed by atoms with Crippen molar-refractivity contribution in [2.45, 2.75) is 29.5 Å². The van der Waals surface area contributed by atoms with Crippen LogP contribution in [0.3, 0.4) is 0 Å². The summed E-state index contributed by atoms with van der Waals surface area (Å²) in [5, 5.41) is 1.08. The predicted octanol–water partition coefficient (Wildman–Crippen LogP) is 4.56. The van der Waals surface area contributed by atoms with Crippen molar-refractivity contribution in [3.8, 4) is 0 Å². The SMILES string of the molecule is Cc1ccc([C@H]2c3sc(=O)[nH]c3S[C@H]3[C@@H]4C[C@@H]([C@@H]5C(=O)N(c6ccc(F)cc6)C(=O)[C@@H]45)[C@H]23)cc1. The number of nitrogens with one attached hydrogen (secondary N) is 1. The van der Waals surface area contributed by atoms with Gasteiger partial charge in [0.1, 0.15) is 5.82 Å². The fourth-order valence-electron chi connectivity index (χ4n) is 7.01. The number of fused-ring (bicyclic) bond motifs is 9. The molecule has 0 radical (unpaired) electrons. The van der Waals surface area contributed by atoms with Gasteiger partial charge >= 0.3 is 4.87 Å². The van der Waals surface area contributed by atoms with Crippen LogP contribution in [0, 0.1) is 42.3 Å². The largest absolute Gasteiger partial charge is 0.307 e. The second kappa shape index (κ2) is 7.15. The number of thioether (sulfide) groups is 1. The van der Waals surface area contributed by atoms with E-state index in [2.05, 4.69) is 36.2 Å². The Balaban J connectivity index is 1.32. The standard InChI is InChI=1S/C26H21FN2O3S2/c1-11-2-4-12(5-3-11)17-18-15-10-16(21(18)33-23-22(17)34-26(32)28-23)20-19(15)24(30)29(25(20)31)14-8-6-13(27)7-9-14/h2-9,15-21H,10H2,1H3,(H,28,32)/t15-,16-,17-,18-,19+,20+,21+/m1/s1. The summed E-state index contributed by atoms with van der Waals surface area (Å²) in [6.45, 7) is 2.05. The number of aromatic nitrogens is 1. The maximum absolute atomic E-state index is 13.6. The van der Waals surface area contributed by atoms with Crippen molar-refractivity contribution >= 4 is 40.6 Å². The first kappa shape index (κ1) is 20.6. The number of rotatable bonds is 2. The number of aryl methyl sites for hydroxylation is 1. The number of hydrogen-bond acceptors (Lipinski definition) is 5. The number of amides is 2. The van der Waals surface area contributed by atoms with Gasteiger partial charge in [-0.2, -0.15) is 0 Å². The lowest BCUT2D eigenvalue weighted by atomic mass is 9.68. The van der Waals surface area contributed by atoms with Crippen LogP contribution in [-0.4, -0.2) is 22.0 Å². The molecule has 2 aromatic carbocycles. The number of anilines is 1. The van der Waals surface area contributed by atoms with Gasteiger partial charge in [-0.3, -0.25) is 19.3 Å². The summed E-state index contributed by atoms with van der Waals surface area (Å²) in [6.07, 6.45) is 0.855. The molecule has 0 spiro atoms. The first-order chi connectivity index (χ1) is 16.4. The molecule has 5 nitrogen and oxygen atoms in total. The van der Waals surface area contributed by atoms with Gasteiger partial charge in [0.25, 0.3) is 0 Å². The minimum absolute atomic E-state index is 0.0320. The average molecular weight is 493 g/mol. The van der Waals surface area contributed by atoms with E-state index in [0.29, 0.717) is 5.69 Å². The number of halogens is 1. The number of hydrogen-bond donors (Lipinski definition) is 1. The molecule has 2 saturated carbocycles. The first-order valence-electron chi connectivity index (χ1n) is 11.5. The highest BCUT2D eigenvalue weighted by atomic mass is 32.2. The molecule has 2 amide bonds. The summed E-state index contributed by atoms with van der Waals surface area (Å²) < 4.78 is 13.5. The topological polar surface area (TPSA) is 70.2 Å². The fraction of sp³-hybridized carbons (Fsp3) is 0.346. The molecule has 1 N–H and O–H groups in total. The maximum atomic E-state index is 13.6. The molecule has 1 aromatic heterocycles. The van der Waals surface area contributed by atoms with Crippen molar-refractivity contribution in [1.82, 2.24) is 4.98 Å². The summed E-state index contributed by atoms with van der Waals surface area (Å²) in [6, 6.07) is 14.1. The van der Waals surface area contributed by atoms with E-state index in [4.69, 9.17) is 0 Å². The molecule has 7 atom stereocenters. The van der Waals surface area contributed by atoms with Crippen LogP contribution in [0.2, 0.25) is 0 Å². The van der Waals surface area contributed by atoms with Gasteiger partial charge in [0.2, 0.25) is 11.8 Å². The van der Waals surface area contributed by atoms with Crippen LogP contribution in [0.4, 0.5) is 10.1 Å². The van der Waals surface area contributed by atoms with Crippen LogP contribution >= 0.6 is 23.1 Å². The van der Waals surface area contributed by atoms with E-state index in [0.717, 1.165) is 21.9 Å². The highest BCUT2D eigenvalue weighted by Gasteiger charge is 2.69. The van der Waals surface area contributed by atoms with Crippen molar-refractivity contribution < 1.29 is 14.0 Å². The van der Waals surface area contributed by atoms with E-state index in [1.807, 2.05) is 0 Å². The van der Waals surface area contributed by atoms with Gasteiger partial charge in [-0.15, -0.1) is 11.8 Å². The van der Waals surface area contributed by atoms with Gasteiger partial charge in [0, 0.05) is 16.0 Å². The lowest BCUT2D eigenvalue weighted by Crippen LogP contribution is -2.42. The summed E-state index contributed by atoms with van der Waals surface area (Å²) >= 11 is 2.96. The zero-order chi connectivity index (χ0) is 23.3. The molecule has 3 heterocycles. The molecule has 2 bridgehead atoms. The number of H-pyrrole nitrogens is 1. The lowest BCUT2D eigenvalue weighted by Gasteiger charge is -2.43. The Hall–Kier alpha value is -2.71. The first-order valence-corrected chi connectivity index (χ1v) is 13.2. The van der Waals surface area contributed by atoms with Crippen LogP contribution < -0.4 is 9.77 Å². The van der Waals surface area contributed by atoms with Gasteiger partial charge < -0.3 is 4.98 Å². The number of aromatic amines is 1. The number of carbonyl (C=O) groups is 2. The summed E-state index contributed by atoms with van der Waals surface area (Å²) in [5.41, 5.74) is 2.78. The van der Waals surface area contributed by atoms with Gasteiger partial charge in [0.05, 0.1) is 22.5 Å². The Morgan fingerprint density at radius 2 is 1.62 bits per heavy atom. The third-order valence-corrected chi connectivity index (χ3v) is 10.8. The smallest absolute Gasteiger partial charge is 0.305 e. The molecule has 3 fully saturated rings. The summed E-state index contributed by atoms with van der Waals surface area (Å²) in [5.74, 6) is -1.05. The molecule has 8 heteroatoms. The van der Waals surface area contributed by atoms with Crippen LogP contribution in [0.25, 0.3) is 0 Å². The van der Waals surface area contributed by atoms with E-state index in [1.165, 1.54) is 46.1 Å². The minimum Gasteiger partial charge on any atom is -0.307 e. The average Bonchev–Trinajstić information content (AvgIpc) is 3.54. The molecule has 2 aliphatic carbocycles. The van der Waals surface area contributed by atoms with Crippen molar-refractivity contribution in [3.63, 3.8) is 0 Å². The monoisotopic (exact) mass is 492 g/mol. The molecular weight excluding hydrogens is 471 g/mol. The predicted molar refractivity (Wildman–Crippen MR) is 129 cm³/mol. The second-order valence-electron chi connectivity index (χ2n) is 9.86. The lowest BCUT2D eigenvalue weighted by molar-refractivity contribution is -0.123. The highest BCUT2D eigenvalue weighted by Crippen LogP contribution is 2.68. The number of imide groups is 1. The van der Waals surface area contributed by atoms with E-state index in [9.17, 15) is 18.8 Å². The Morgan fingerprint density at radius 3 is 2.32 bits per heavy atom. The third kappa shape index (κ3) is 2.69. The van der Waals surface area contributed by atoms with Crippen molar-refractivity contribution in [3.05, 3.63) is 80.0 Å². The molecule has 2 aliphatic heterocycles. The van der Waals surface area contributed by atoms with Crippen LogP contribution in [0.15, 0.2) is 58.4 Å². The van der Waals surface area contributed by atoms with Crippen molar-refractivity contribution in [2.75, 3.05) is 4.90 Å². The van der Waals surface area contributed by atoms with Crippen LogP contribution in [-0.2, 0) is 9.59 Å². The highest BCUT2D eigenvalue weighted by molar-refractivity contribution is 8.00. The molecule has 1 saturated heterocycles. The van der Waals surface area contributed by atoms with Crippen molar-refractivity contribution in [2.24, 2.45) is 29.6 Å². The number of carbonyl (C=O) groups excluding carboxylic acids is 2.